The normalized spacial score (nSPS) is 34.1. The highest BCUT2D eigenvalue weighted by Gasteiger charge is 2.69. The number of hydrogen-bond donors (Lipinski definition) is 1. The van der Waals surface area contributed by atoms with Gasteiger partial charge in [-0.1, -0.05) is 13.0 Å². The molecule has 0 aliphatic heterocycles. The van der Waals surface area contributed by atoms with Crippen molar-refractivity contribution in [2.24, 2.45) is 22.7 Å². The fourth-order valence-electron chi connectivity index (χ4n) is 5.61. The van der Waals surface area contributed by atoms with Crippen molar-refractivity contribution in [3.63, 3.8) is 0 Å². The van der Waals surface area contributed by atoms with Crippen LogP contribution in [0.1, 0.15) is 58.3 Å². The molecule has 2 nitrogen and oxygen atoms in total. The zero-order chi connectivity index (χ0) is 20.3. The second-order valence-corrected chi connectivity index (χ2v) is 8.74. The van der Waals surface area contributed by atoms with E-state index in [9.17, 15) is 36.2 Å². The minimum Gasteiger partial charge on any atom is -0.370 e. The molecule has 0 amide bonds. The van der Waals surface area contributed by atoms with E-state index in [4.69, 9.17) is 0 Å². The van der Waals surface area contributed by atoms with Crippen molar-refractivity contribution in [2.75, 3.05) is 0 Å². The van der Waals surface area contributed by atoms with Gasteiger partial charge in [0.1, 0.15) is 5.78 Å². The van der Waals surface area contributed by atoms with Crippen molar-refractivity contribution in [3.8, 4) is 0 Å². The molecule has 3 unspecified atom stereocenters. The highest BCUT2D eigenvalue weighted by atomic mass is 19.4. The number of halogens is 6. The number of hydrogen-bond acceptors (Lipinski definition) is 2. The number of allylic oxidation sites excluding steroid dienone is 1. The number of Topliss-reactive ketones (excluding diaryl/α,β-unsaturated/α-hetero) is 1. The first-order valence-electron chi connectivity index (χ1n) is 9.33. The van der Waals surface area contributed by atoms with E-state index in [-0.39, 0.29) is 40.9 Å². The second kappa shape index (κ2) is 6.22. The van der Waals surface area contributed by atoms with Gasteiger partial charge in [0, 0.05) is 12.3 Å². The molecular weight excluding hydrogens is 374 g/mol. The van der Waals surface area contributed by atoms with E-state index < -0.39 is 18.0 Å². The first-order chi connectivity index (χ1) is 12.3. The molecule has 0 radical (unpaired) electrons. The summed E-state index contributed by atoms with van der Waals surface area (Å²) in [5.41, 5.74) is -5.40. The third-order valence-corrected chi connectivity index (χ3v) is 7.24. The van der Waals surface area contributed by atoms with Crippen molar-refractivity contribution >= 4 is 5.78 Å². The van der Waals surface area contributed by atoms with Gasteiger partial charge in [0.15, 0.2) is 0 Å². The molecule has 8 heteroatoms. The Balaban J connectivity index is 1.78. The predicted molar refractivity (Wildman–Crippen MR) is 85.7 cm³/mol. The summed E-state index contributed by atoms with van der Waals surface area (Å²) in [6.45, 7) is 2.05. The highest BCUT2D eigenvalue weighted by Crippen LogP contribution is 2.68. The van der Waals surface area contributed by atoms with Crippen molar-refractivity contribution in [1.82, 2.24) is 0 Å². The average Bonchev–Trinajstić information content (AvgIpc) is 3.19. The van der Waals surface area contributed by atoms with E-state index in [1.165, 1.54) is 0 Å². The lowest BCUT2D eigenvalue weighted by molar-refractivity contribution is -0.347. The van der Waals surface area contributed by atoms with Gasteiger partial charge in [-0.3, -0.25) is 4.79 Å². The minimum absolute atomic E-state index is 0.0417. The van der Waals surface area contributed by atoms with Crippen LogP contribution < -0.4 is 0 Å². The zero-order valence-corrected chi connectivity index (χ0v) is 15.1. The number of aliphatic hydroxyl groups is 1. The summed E-state index contributed by atoms with van der Waals surface area (Å²) in [6, 6.07) is 0. The molecule has 3 aliphatic rings. The standard InChI is InChI=1S/C19H24F6O2/c1-15-7-2-4-13(26)12(15)5-6-14(15)16(10-11-16)8-3-9-17(27,18(20,21)22)19(23,24)25/h3,9,12,14,27H,2,4-8,10-11H2,1H3. The SMILES string of the molecule is CC12CCCC(=O)C1CCC2C1(CC=CC(O)(C(F)(F)F)C(F)(F)F)CC1. The van der Waals surface area contributed by atoms with Crippen LogP contribution in [0.2, 0.25) is 0 Å². The van der Waals surface area contributed by atoms with Gasteiger partial charge in [-0.25, -0.2) is 0 Å². The van der Waals surface area contributed by atoms with Gasteiger partial charge >= 0.3 is 12.4 Å². The maximum atomic E-state index is 12.8. The van der Waals surface area contributed by atoms with Crippen LogP contribution in [-0.2, 0) is 4.79 Å². The molecule has 3 saturated carbocycles. The summed E-state index contributed by atoms with van der Waals surface area (Å²) < 4.78 is 76.8. The first kappa shape index (κ1) is 20.7. The number of carbonyl (C=O) groups is 1. The first-order valence-corrected chi connectivity index (χ1v) is 9.33. The number of rotatable bonds is 4. The molecule has 0 saturated heterocycles. The smallest absolute Gasteiger partial charge is 0.370 e. The van der Waals surface area contributed by atoms with Crippen LogP contribution in [0.15, 0.2) is 12.2 Å². The Morgan fingerprint density at radius 1 is 1.07 bits per heavy atom. The van der Waals surface area contributed by atoms with Crippen molar-refractivity contribution < 1.29 is 36.2 Å². The number of carbonyl (C=O) groups excluding carboxylic acids is 1. The minimum atomic E-state index is -5.83. The Morgan fingerprint density at radius 3 is 2.19 bits per heavy atom. The summed E-state index contributed by atoms with van der Waals surface area (Å²) in [5.74, 6) is 0.315. The highest BCUT2D eigenvalue weighted by molar-refractivity contribution is 5.83. The summed E-state index contributed by atoms with van der Waals surface area (Å²) in [5, 5.41) is 9.26. The zero-order valence-electron chi connectivity index (χ0n) is 15.1. The number of fused-ring (bicyclic) bond motifs is 1. The summed E-state index contributed by atoms with van der Waals surface area (Å²) in [4.78, 5) is 12.2. The molecule has 3 rings (SSSR count). The molecule has 0 bridgehead atoms. The Hall–Kier alpha value is -1.05. The van der Waals surface area contributed by atoms with Gasteiger partial charge in [0.25, 0.3) is 5.60 Å². The fourth-order valence-corrected chi connectivity index (χ4v) is 5.61. The van der Waals surface area contributed by atoms with Gasteiger partial charge in [-0.05, 0) is 67.8 Å². The molecule has 0 aromatic rings. The third kappa shape index (κ3) is 3.21. The maximum Gasteiger partial charge on any atom is 0.429 e. The van der Waals surface area contributed by atoms with Crippen molar-refractivity contribution in [3.05, 3.63) is 12.2 Å². The quantitative estimate of drug-likeness (QED) is 0.512. The Kier molecular flexibility index (Phi) is 4.77. The van der Waals surface area contributed by atoms with E-state index in [2.05, 4.69) is 6.92 Å². The van der Waals surface area contributed by atoms with E-state index in [1.807, 2.05) is 0 Å². The van der Waals surface area contributed by atoms with Crippen molar-refractivity contribution in [1.29, 1.82) is 0 Å². The fraction of sp³-hybridized carbons (Fsp3) is 0.842. The molecule has 3 fully saturated rings. The topological polar surface area (TPSA) is 37.3 Å². The third-order valence-electron chi connectivity index (χ3n) is 7.24. The van der Waals surface area contributed by atoms with E-state index in [0.717, 1.165) is 44.6 Å². The van der Waals surface area contributed by atoms with Crippen LogP contribution in [0.5, 0.6) is 0 Å². The molecule has 3 aliphatic carbocycles. The maximum absolute atomic E-state index is 12.8. The molecule has 0 heterocycles. The second-order valence-electron chi connectivity index (χ2n) is 8.74. The molecule has 0 aromatic carbocycles. The van der Waals surface area contributed by atoms with Crippen LogP contribution in [0.25, 0.3) is 0 Å². The largest absolute Gasteiger partial charge is 0.429 e. The molecule has 0 aromatic heterocycles. The van der Waals surface area contributed by atoms with E-state index in [0.29, 0.717) is 6.42 Å². The molecular formula is C19H24F6O2. The molecule has 1 N–H and O–H groups in total. The summed E-state index contributed by atoms with van der Waals surface area (Å²) in [6.07, 6.45) is -5.70. The van der Waals surface area contributed by atoms with Gasteiger partial charge in [-0.15, -0.1) is 0 Å². The van der Waals surface area contributed by atoms with Crippen LogP contribution in [0.4, 0.5) is 26.3 Å². The van der Waals surface area contributed by atoms with Gasteiger partial charge in [-0.2, -0.15) is 26.3 Å². The van der Waals surface area contributed by atoms with Gasteiger partial charge < -0.3 is 5.11 Å². The number of ketones is 1. The Morgan fingerprint density at radius 2 is 1.67 bits per heavy atom. The number of alkyl halides is 6. The Bertz CT molecular complexity index is 617. The van der Waals surface area contributed by atoms with E-state index in [1.54, 1.807) is 0 Å². The van der Waals surface area contributed by atoms with Gasteiger partial charge in [0.05, 0.1) is 0 Å². The lowest BCUT2D eigenvalue weighted by Crippen LogP contribution is -2.55. The van der Waals surface area contributed by atoms with E-state index >= 15 is 0 Å². The predicted octanol–water partition coefficient (Wildman–Crippen LogP) is 5.35. The van der Waals surface area contributed by atoms with Crippen LogP contribution in [0, 0.1) is 22.7 Å². The van der Waals surface area contributed by atoms with Crippen LogP contribution >= 0.6 is 0 Å². The molecule has 3 atom stereocenters. The van der Waals surface area contributed by atoms with Crippen LogP contribution in [0.3, 0.4) is 0 Å². The molecule has 27 heavy (non-hydrogen) atoms. The van der Waals surface area contributed by atoms with Crippen LogP contribution in [-0.4, -0.2) is 28.8 Å². The lowest BCUT2D eigenvalue weighted by atomic mass is 9.60. The summed E-state index contributed by atoms with van der Waals surface area (Å²) in [7, 11) is 0. The van der Waals surface area contributed by atoms with Gasteiger partial charge in [0.2, 0.25) is 0 Å². The molecule has 154 valence electrons. The summed E-state index contributed by atoms with van der Waals surface area (Å²) >= 11 is 0. The molecule has 0 spiro atoms. The van der Waals surface area contributed by atoms with Crippen molar-refractivity contribution in [2.45, 2.75) is 76.2 Å². The average molecular weight is 398 g/mol. The lowest BCUT2D eigenvalue weighted by Gasteiger charge is -2.43. The Labute approximate surface area is 154 Å². The monoisotopic (exact) mass is 398 g/mol.